The Bertz CT molecular complexity index is 363. The first-order valence-corrected chi connectivity index (χ1v) is 5.62. The summed E-state index contributed by atoms with van der Waals surface area (Å²) in [7, 11) is 0. The average Bonchev–Trinajstić information content (AvgIpc) is 2.15. The van der Waals surface area contributed by atoms with Crippen LogP contribution in [0.3, 0.4) is 0 Å². The van der Waals surface area contributed by atoms with Crippen molar-refractivity contribution in [1.82, 2.24) is 5.32 Å². The molecule has 2 aliphatic rings. The molecule has 14 heavy (non-hydrogen) atoms. The van der Waals surface area contributed by atoms with Crippen LogP contribution in [0, 0.1) is 6.92 Å². The Labute approximate surface area is 85.5 Å². The van der Waals surface area contributed by atoms with Crippen molar-refractivity contribution in [3.05, 3.63) is 34.9 Å². The van der Waals surface area contributed by atoms with E-state index in [9.17, 15) is 0 Å². The number of rotatable bonds is 0. The van der Waals surface area contributed by atoms with Gasteiger partial charge in [0, 0.05) is 18.5 Å². The monoisotopic (exact) mass is 187 g/mol. The molecule has 74 valence electrons. The molecule has 1 fully saturated rings. The molecular weight excluding hydrogens is 170 g/mol. The lowest BCUT2D eigenvalue weighted by molar-refractivity contribution is 0.219. The molecule has 0 bridgehead atoms. The minimum Gasteiger partial charge on any atom is -0.312 e. The number of nitrogens with one attached hydrogen (secondary N) is 1. The van der Waals surface area contributed by atoms with Gasteiger partial charge in [-0.3, -0.25) is 0 Å². The van der Waals surface area contributed by atoms with Crippen LogP contribution in [0.1, 0.15) is 36.0 Å². The molecule has 1 nitrogen and oxygen atoms in total. The maximum absolute atomic E-state index is 3.57. The number of benzene rings is 1. The Balaban J connectivity index is 2.15. The molecule has 0 radical (unpaired) electrons. The van der Waals surface area contributed by atoms with Crippen LogP contribution in [-0.2, 0) is 12.0 Å². The van der Waals surface area contributed by atoms with E-state index in [4.69, 9.17) is 0 Å². The predicted molar refractivity (Wildman–Crippen MR) is 58.4 cm³/mol. The number of fused-ring (bicyclic) bond motifs is 2. The number of hydrogen-bond donors (Lipinski definition) is 1. The molecule has 1 aromatic carbocycles. The minimum absolute atomic E-state index is 0.513. The lowest BCUT2D eigenvalue weighted by atomic mass is 9.61. The average molecular weight is 187 g/mol. The van der Waals surface area contributed by atoms with Gasteiger partial charge >= 0.3 is 0 Å². The predicted octanol–water partition coefficient (Wildman–Crippen LogP) is 2.52. The lowest BCUT2D eigenvalue weighted by Gasteiger charge is -2.47. The van der Waals surface area contributed by atoms with Gasteiger partial charge in [0.05, 0.1) is 0 Å². The second-order valence-corrected chi connectivity index (χ2v) is 4.84. The highest BCUT2D eigenvalue weighted by atomic mass is 14.9. The van der Waals surface area contributed by atoms with E-state index in [1.165, 1.54) is 31.4 Å². The van der Waals surface area contributed by atoms with E-state index in [1.807, 2.05) is 0 Å². The van der Waals surface area contributed by atoms with Crippen molar-refractivity contribution in [2.24, 2.45) is 0 Å². The van der Waals surface area contributed by atoms with Gasteiger partial charge in [-0.1, -0.05) is 24.6 Å². The van der Waals surface area contributed by atoms with Crippen LogP contribution in [-0.4, -0.2) is 6.54 Å². The molecule has 1 heterocycles. The molecule has 3 rings (SSSR count). The second-order valence-electron chi connectivity index (χ2n) is 4.84. The van der Waals surface area contributed by atoms with E-state index in [2.05, 4.69) is 30.4 Å². The summed E-state index contributed by atoms with van der Waals surface area (Å²) in [5.74, 6) is 0. The summed E-state index contributed by atoms with van der Waals surface area (Å²) >= 11 is 0. The van der Waals surface area contributed by atoms with Crippen molar-refractivity contribution in [3.63, 3.8) is 0 Å². The fraction of sp³-hybridized carbons (Fsp3) is 0.538. The van der Waals surface area contributed by atoms with Crippen molar-refractivity contribution < 1.29 is 0 Å². The molecule has 0 unspecified atom stereocenters. The topological polar surface area (TPSA) is 12.0 Å². The van der Waals surface area contributed by atoms with Gasteiger partial charge in [0.25, 0.3) is 0 Å². The Morgan fingerprint density at radius 3 is 2.86 bits per heavy atom. The smallest absolute Gasteiger partial charge is 0.0211 e. The largest absolute Gasteiger partial charge is 0.312 e. The Morgan fingerprint density at radius 2 is 2.14 bits per heavy atom. The van der Waals surface area contributed by atoms with E-state index in [-0.39, 0.29) is 0 Å². The van der Waals surface area contributed by atoms with Gasteiger partial charge < -0.3 is 5.32 Å². The van der Waals surface area contributed by atoms with E-state index in [1.54, 1.807) is 11.1 Å². The van der Waals surface area contributed by atoms with Crippen molar-refractivity contribution in [1.29, 1.82) is 0 Å². The summed E-state index contributed by atoms with van der Waals surface area (Å²) in [6.45, 7) is 4.51. The van der Waals surface area contributed by atoms with Gasteiger partial charge in [-0.15, -0.1) is 0 Å². The summed E-state index contributed by atoms with van der Waals surface area (Å²) in [6, 6.07) is 6.81. The maximum atomic E-state index is 3.57. The van der Waals surface area contributed by atoms with Crippen molar-refractivity contribution in [3.8, 4) is 0 Å². The highest BCUT2D eigenvalue weighted by Gasteiger charge is 2.41. The first kappa shape index (κ1) is 8.49. The quantitative estimate of drug-likeness (QED) is 0.658. The molecule has 1 aliphatic heterocycles. The fourth-order valence-electron chi connectivity index (χ4n) is 3.01. The van der Waals surface area contributed by atoms with Crippen LogP contribution in [0.5, 0.6) is 0 Å². The highest BCUT2D eigenvalue weighted by molar-refractivity contribution is 5.43. The van der Waals surface area contributed by atoms with Gasteiger partial charge in [-0.25, -0.2) is 0 Å². The van der Waals surface area contributed by atoms with Gasteiger partial charge in [0.1, 0.15) is 0 Å². The minimum atomic E-state index is 0.513. The van der Waals surface area contributed by atoms with Gasteiger partial charge in [0.2, 0.25) is 0 Å². The zero-order chi connectivity index (χ0) is 9.60. The first-order chi connectivity index (χ1) is 6.82. The zero-order valence-electron chi connectivity index (χ0n) is 8.77. The van der Waals surface area contributed by atoms with Gasteiger partial charge in [-0.05, 0) is 36.5 Å². The van der Waals surface area contributed by atoms with Gasteiger partial charge in [-0.2, -0.15) is 0 Å². The summed E-state index contributed by atoms with van der Waals surface area (Å²) in [6.07, 6.45) is 4.18. The van der Waals surface area contributed by atoms with E-state index in [0.717, 1.165) is 6.54 Å². The molecule has 1 aliphatic carbocycles. The molecule has 0 atom stereocenters. The molecule has 1 heteroatoms. The second kappa shape index (κ2) is 2.83. The van der Waals surface area contributed by atoms with E-state index >= 15 is 0 Å². The lowest BCUT2D eigenvalue weighted by Crippen LogP contribution is -2.48. The van der Waals surface area contributed by atoms with E-state index in [0.29, 0.717) is 5.41 Å². The summed E-state index contributed by atoms with van der Waals surface area (Å²) in [4.78, 5) is 0. The molecule has 1 spiro atoms. The molecule has 0 amide bonds. The van der Waals surface area contributed by atoms with Gasteiger partial charge in [0.15, 0.2) is 0 Å². The molecule has 1 N–H and O–H groups in total. The van der Waals surface area contributed by atoms with Crippen LogP contribution in [0.25, 0.3) is 0 Å². The van der Waals surface area contributed by atoms with Crippen LogP contribution in [0.15, 0.2) is 18.2 Å². The Morgan fingerprint density at radius 1 is 1.29 bits per heavy atom. The standard InChI is InChI=1S/C13H17N/c1-10-4-2-5-12-11(10)8-14-9-13(12)6-3-7-13/h2,4-5,14H,3,6-9H2,1H3. The molecule has 0 aromatic heterocycles. The summed E-state index contributed by atoms with van der Waals surface area (Å²) in [5, 5.41) is 3.57. The Hall–Kier alpha value is -0.820. The van der Waals surface area contributed by atoms with Crippen LogP contribution < -0.4 is 5.32 Å². The highest BCUT2D eigenvalue weighted by Crippen LogP contribution is 2.46. The van der Waals surface area contributed by atoms with Crippen LogP contribution >= 0.6 is 0 Å². The molecule has 1 saturated carbocycles. The van der Waals surface area contributed by atoms with Crippen molar-refractivity contribution in [2.75, 3.05) is 6.54 Å². The molecule has 0 saturated heterocycles. The number of hydrogen-bond acceptors (Lipinski definition) is 1. The van der Waals surface area contributed by atoms with Crippen molar-refractivity contribution >= 4 is 0 Å². The molecule has 1 aromatic rings. The first-order valence-electron chi connectivity index (χ1n) is 5.62. The Kier molecular flexibility index (Phi) is 1.72. The third kappa shape index (κ3) is 0.992. The van der Waals surface area contributed by atoms with Crippen LogP contribution in [0.4, 0.5) is 0 Å². The van der Waals surface area contributed by atoms with Crippen molar-refractivity contribution in [2.45, 2.75) is 38.1 Å². The zero-order valence-corrected chi connectivity index (χ0v) is 8.77. The normalized spacial score (nSPS) is 22.9. The third-order valence-corrected chi connectivity index (χ3v) is 4.06. The van der Waals surface area contributed by atoms with Crippen LogP contribution in [0.2, 0.25) is 0 Å². The summed E-state index contributed by atoms with van der Waals surface area (Å²) < 4.78 is 0. The fourth-order valence-corrected chi connectivity index (χ4v) is 3.01. The molecular formula is C13H17N. The maximum Gasteiger partial charge on any atom is 0.0211 e. The van der Waals surface area contributed by atoms with E-state index < -0.39 is 0 Å². The summed E-state index contributed by atoms with van der Waals surface area (Å²) in [5.41, 5.74) is 5.18. The third-order valence-electron chi connectivity index (χ3n) is 4.06. The number of aryl methyl sites for hydroxylation is 1. The SMILES string of the molecule is Cc1cccc2c1CNCC21CCC1.